The zero-order valence-electron chi connectivity index (χ0n) is 10.5. The molecule has 4 nitrogen and oxygen atoms in total. The highest BCUT2D eigenvalue weighted by molar-refractivity contribution is 5.86. The maximum atomic E-state index is 11.9. The van der Waals surface area contributed by atoms with Gasteiger partial charge in [-0.15, -0.1) is 0 Å². The van der Waals surface area contributed by atoms with E-state index in [1.54, 1.807) is 18.2 Å². The SMILES string of the molecule is O=Cc1coc2cc(Nc3ccccc3)ccc2c1=O. The minimum absolute atomic E-state index is 0.0290. The number of hydrogen-bond donors (Lipinski definition) is 1. The Morgan fingerprint density at radius 1 is 1.00 bits per heavy atom. The van der Waals surface area contributed by atoms with Gasteiger partial charge < -0.3 is 9.73 Å². The van der Waals surface area contributed by atoms with Crippen LogP contribution in [0.25, 0.3) is 11.0 Å². The van der Waals surface area contributed by atoms with Crippen LogP contribution in [-0.4, -0.2) is 6.29 Å². The summed E-state index contributed by atoms with van der Waals surface area (Å²) >= 11 is 0. The lowest BCUT2D eigenvalue weighted by atomic mass is 10.1. The normalized spacial score (nSPS) is 10.4. The summed E-state index contributed by atoms with van der Waals surface area (Å²) in [6.07, 6.45) is 1.69. The van der Waals surface area contributed by atoms with Gasteiger partial charge in [0.1, 0.15) is 11.8 Å². The molecule has 0 aliphatic heterocycles. The van der Waals surface area contributed by atoms with Gasteiger partial charge in [-0.25, -0.2) is 0 Å². The molecule has 0 saturated carbocycles. The van der Waals surface area contributed by atoms with Gasteiger partial charge in [0.2, 0.25) is 5.43 Å². The fourth-order valence-corrected chi connectivity index (χ4v) is 1.99. The molecule has 0 aliphatic rings. The van der Waals surface area contributed by atoms with Gasteiger partial charge in [0.25, 0.3) is 0 Å². The molecule has 0 saturated heterocycles. The number of carbonyl (C=O) groups excluding carboxylic acids is 1. The first-order chi connectivity index (χ1) is 9.78. The van der Waals surface area contributed by atoms with Crippen molar-refractivity contribution in [3.63, 3.8) is 0 Å². The van der Waals surface area contributed by atoms with E-state index >= 15 is 0 Å². The lowest BCUT2D eigenvalue weighted by molar-refractivity contribution is 0.112. The summed E-state index contributed by atoms with van der Waals surface area (Å²) in [5, 5.41) is 3.61. The minimum atomic E-state index is -0.312. The lowest BCUT2D eigenvalue weighted by Gasteiger charge is -2.06. The quantitative estimate of drug-likeness (QED) is 0.738. The smallest absolute Gasteiger partial charge is 0.203 e. The number of rotatable bonds is 3. The summed E-state index contributed by atoms with van der Waals surface area (Å²) < 4.78 is 5.32. The number of aldehydes is 1. The van der Waals surface area contributed by atoms with E-state index in [4.69, 9.17) is 4.42 Å². The zero-order chi connectivity index (χ0) is 13.9. The second kappa shape index (κ2) is 5.01. The molecule has 0 amide bonds. The average molecular weight is 265 g/mol. The molecule has 1 N–H and O–H groups in total. The summed E-state index contributed by atoms with van der Waals surface area (Å²) in [5.74, 6) is 0. The maximum absolute atomic E-state index is 11.9. The van der Waals surface area contributed by atoms with Crippen molar-refractivity contribution < 1.29 is 9.21 Å². The van der Waals surface area contributed by atoms with Gasteiger partial charge in [-0.05, 0) is 24.3 Å². The fourth-order valence-electron chi connectivity index (χ4n) is 1.99. The van der Waals surface area contributed by atoms with E-state index in [2.05, 4.69) is 5.32 Å². The van der Waals surface area contributed by atoms with Crippen LogP contribution in [0.15, 0.2) is 64.0 Å². The van der Waals surface area contributed by atoms with Gasteiger partial charge in [0, 0.05) is 17.4 Å². The summed E-state index contributed by atoms with van der Waals surface area (Å²) in [4.78, 5) is 22.6. The summed E-state index contributed by atoms with van der Waals surface area (Å²) in [6, 6.07) is 14.8. The molecule has 0 atom stereocenters. The van der Waals surface area contributed by atoms with Crippen LogP contribution in [0.2, 0.25) is 0 Å². The zero-order valence-corrected chi connectivity index (χ0v) is 10.5. The Hall–Kier alpha value is -2.88. The Morgan fingerprint density at radius 3 is 2.55 bits per heavy atom. The van der Waals surface area contributed by atoms with Crippen molar-refractivity contribution in [2.45, 2.75) is 0 Å². The Balaban J connectivity index is 2.04. The number of hydrogen-bond acceptors (Lipinski definition) is 4. The van der Waals surface area contributed by atoms with E-state index in [-0.39, 0.29) is 11.0 Å². The van der Waals surface area contributed by atoms with Crippen molar-refractivity contribution in [2.75, 3.05) is 5.32 Å². The number of nitrogens with one attached hydrogen (secondary N) is 1. The molecule has 20 heavy (non-hydrogen) atoms. The fraction of sp³-hybridized carbons (Fsp3) is 0. The van der Waals surface area contributed by atoms with Crippen LogP contribution in [-0.2, 0) is 0 Å². The van der Waals surface area contributed by atoms with Gasteiger partial charge >= 0.3 is 0 Å². The summed E-state index contributed by atoms with van der Waals surface area (Å²) in [5.41, 5.74) is 1.92. The van der Waals surface area contributed by atoms with Crippen LogP contribution in [0.3, 0.4) is 0 Å². The van der Waals surface area contributed by atoms with E-state index in [1.807, 2.05) is 30.3 Å². The second-order valence-electron chi connectivity index (χ2n) is 4.34. The summed E-state index contributed by atoms with van der Waals surface area (Å²) in [6.45, 7) is 0. The predicted molar refractivity (Wildman–Crippen MR) is 77.6 cm³/mol. The molecule has 4 heteroatoms. The standard InChI is InChI=1S/C16H11NO3/c18-9-11-10-20-15-8-13(6-7-14(15)16(11)19)17-12-4-2-1-3-5-12/h1-10,17H. The molecule has 3 aromatic rings. The first-order valence-electron chi connectivity index (χ1n) is 6.11. The molecule has 0 fully saturated rings. The van der Waals surface area contributed by atoms with Gasteiger partial charge in [-0.2, -0.15) is 0 Å². The molecular weight excluding hydrogens is 254 g/mol. The Bertz CT molecular complexity index is 822. The highest BCUT2D eigenvalue weighted by Gasteiger charge is 2.06. The number of benzene rings is 2. The molecular formula is C16H11NO3. The molecule has 98 valence electrons. The van der Waals surface area contributed by atoms with Crippen molar-refractivity contribution in [1.82, 2.24) is 0 Å². The topological polar surface area (TPSA) is 59.3 Å². The first kappa shape index (κ1) is 12.2. The van der Waals surface area contributed by atoms with E-state index in [9.17, 15) is 9.59 Å². The van der Waals surface area contributed by atoms with E-state index < -0.39 is 0 Å². The second-order valence-corrected chi connectivity index (χ2v) is 4.34. The van der Waals surface area contributed by atoms with Crippen molar-refractivity contribution in [1.29, 1.82) is 0 Å². The molecule has 0 spiro atoms. The Morgan fingerprint density at radius 2 is 1.80 bits per heavy atom. The third-order valence-corrected chi connectivity index (χ3v) is 2.99. The minimum Gasteiger partial charge on any atom is -0.463 e. The molecule has 1 heterocycles. The number of anilines is 2. The van der Waals surface area contributed by atoms with Crippen LogP contribution in [0.1, 0.15) is 10.4 Å². The largest absolute Gasteiger partial charge is 0.463 e. The summed E-state index contributed by atoms with van der Waals surface area (Å²) in [7, 11) is 0. The van der Waals surface area contributed by atoms with Crippen LogP contribution in [0.4, 0.5) is 11.4 Å². The predicted octanol–water partition coefficient (Wildman–Crippen LogP) is 3.35. The molecule has 1 aromatic heterocycles. The van der Waals surface area contributed by atoms with E-state index in [0.29, 0.717) is 17.3 Å². The van der Waals surface area contributed by atoms with Crippen molar-refractivity contribution in [3.05, 3.63) is 70.6 Å². The highest BCUT2D eigenvalue weighted by atomic mass is 16.3. The number of carbonyl (C=O) groups is 1. The van der Waals surface area contributed by atoms with Gasteiger partial charge in [-0.3, -0.25) is 9.59 Å². The van der Waals surface area contributed by atoms with Crippen molar-refractivity contribution in [3.8, 4) is 0 Å². The maximum Gasteiger partial charge on any atom is 0.203 e. The van der Waals surface area contributed by atoms with Gasteiger partial charge in [0.15, 0.2) is 6.29 Å². The van der Waals surface area contributed by atoms with E-state index in [1.165, 1.54) is 6.26 Å². The van der Waals surface area contributed by atoms with Gasteiger partial charge in [0.05, 0.1) is 10.9 Å². The molecule has 0 radical (unpaired) electrons. The van der Waals surface area contributed by atoms with Crippen LogP contribution >= 0.6 is 0 Å². The van der Waals surface area contributed by atoms with Crippen LogP contribution in [0, 0.1) is 0 Å². The lowest BCUT2D eigenvalue weighted by Crippen LogP contribution is -2.07. The van der Waals surface area contributed by atoms with Crippen LogP contribution in [0.5, 0.6) is 0 Å². The van der Waals surface area contributed by atoms with Gasteiger partial charge in [-0.1, -0.05) is 18.2 Å². The number of para-hydroxylation sites is 1. The van der Waals surface area contributed by atoms with Crippen molar-refractivity contribution >= 4 is 28.6 Å². The number of fused-ring (bicyclic) bond motifs is 1. The molecule has 2 aromatic carbocycles. The first-order valence-corrected chi connectivity index (χ1v) is 6.11. The molecule has 0 aliphatic carbocycles. The van der Waals surface area contributed by atoms with Crippen LogP contribution < -0.4 is 10.7 Å². The average Bonchev–Trinajstić information content (AvgIpc) is 2.49. The molecule has 3 rings (SSSR count). The Labute approximate surface area is 114 Å². The monoisotopic (exact) mass is 265 g/mol. The van der Waals surface area contributed by atoms with Crippen molar-refractivity contribution in [2.24, 2.45) is 0 Å². The molecule has 0 unspecified atom stereocenters. The third-order valence-electron chi connectivity index (χ3n) is 2.99. The highest BCUT2D eigenvalue weighted by Crippen LogP contribution is 2.20. The Kier molecular flexibility index (Phi) is 3.05. The third kappa shape index (κ3) is 2.19. The van der Waals surface area contributed by atoms with E-state index in [0.717, 1.165) is 11.4 Å². The molecule has 0 bridgehead atoms.